The van der Waals surface area contributed by atoms with Gasteiger partial charge in [0.2, 0.25) is 5.91 Å². The molecule has 1 N–H and O–H groups in total. The zero-order valence-electron chi connectivity index (χ0n) is 11.1. The molecule has 1 fully saturated rings. The van der Waals surface area contributed by atoms with Gasteiger partial charge >= 0.3 is 0 Å². The van der Waals surface area contributed by atoms with E-state index in [0.717, 1.165) is 30.4 Å². The summed E-state index contributed by atoms with van der Waals surface area (Å²) in [6.07, 6.45) is 0. The predicted molar refractivity (Wildman–Crippen MR) is 69.2 cm³/mol. The molecule has 2 heterocycles. The molecule has 0 aromatic carbocycles. The highest BCUT2D eigenvalue weighted by molar-refractivity contribution is 5.78. The van der Waals surface area contributed by atoms with Crippen molar-refractivity contribution in [3.05, 3.63) is 17.6 Å². The molecule has 1 aromatic rings. The van der Waals surface area contributed by atoms with E-state index in [1.54, 1.807) is 4.90 Å². The molecule has 0 bridgehead atoms. The minimum absolute atomic E-state index is 0.155. The van der Waals surface area contributed by atoms with E-state index in [1.165, 1.54) is 0 Å². The number of carbonyl (C=O) groups excluding carboxylic acids is 1. The summed E-state index contributed by atoms with van der Waals surface area (Å²) in [5.74, 6) is 1.73. The van der Waals surface area contributed by atoms with Crippen molar-refractivity contribution in [3.8, 4) is 0 Å². The summed E-state index contributed by atoms with van der Waals surface area (Å²) in [5.41, 5.74) is 0.935. The van der Waals surface area contributed by atoms with Crippen molar-refractivity contribution in [1.29, 1.82) is 0 Å². The van der Waals surface area contributed by atoms with Gasteiger partial charge in [-0.05, 0) is 6.92 Å². The number of hydrogen-bond donors (Lipinski definition) is 1. The lowest BCUT2D eigenvalue weighted by molar-refractivity contribution is -0.134. The maximum absolute atomic E-state index is 11.6. The van der Waals surface area contributed by atoms with Crippen LogP contribution in [-0.4, -0.2) is 59.4 Å². The van der Waals surface area contributed by atoms with Crippen molar-refractivity contribution in [1.82, 2.24) is 19.8 Å². The summed E-state index contributed by atoms with van der Waals surface area (Å²) in [7, 11) is 3.67. The fourth-order valence-electron chi connectivity index (χ4n) is 1.97. The summed E-state index contributed by atoms with van der Waals surface area (Å²) in [5, 5.41) is 3.02. The lowest BCUT2D eigenvalue weighted by Gasteiger charge is -2.31. The van der Waals surface area contributed by atoms with Gasteiger partial charge < -0.3 is 10.2 Å². The quantitative estimate of drug-likeness (QED) is 0.823. The van der Waals surface area contributed by atoms with Crippen LogP contribution < -0.4 is 5.32 Å². The third kappa shape index (κ3) is 2.95. The molecular weight excluding hydrogens is 230 g/mol. The number of amides is 1. The highest BCUT2D eigenvalue weighted by Gasteiger charge is 2.21. The summed E-state index contributed by atoms with van der Waals surface area (Å²) in [6, 6.07) is 1.90. The van der Waals surface area contributed by atoms with Crippen molar-refractivity contribution >= 4 is 11.7 Å². The molecule has 1 aliphatic heterocycles. The largest absolute Gasteiger partial charge is 0.373 e. The van der Waals surface area contributed by atoms with Gasteiger partial charge in [0.05, 0.1) is 13.1 Å². The van der Waals surface area contributed by atoms with Crippen molar-refractivity contribution < 1.29 is 4.79 Å². The van der Waals surface area contributed by atoms with Gasteiger partial charge in [0.25, 0.3) is 0 Å². The Morgan fingerprint density at radius 3 is 2.83 bits per heavy atom. The van der Waals surface area contributed by atoms with E-state index in [1.807, 2.05) is 27.1 Å². The van der Waals surface area contributed by atoms with Gasteiger partial charge in [-0.2, -0.15) is 0 Å². The predicted octanol–water partition coefficient (Wildman–Crippen LogP) is 0.101. The van der Waals surface area contributed by atoms with E-state index in [2.05, 4.69) is 20.2 Å². The smallest absolute Gasteiger partial charge is 0.236 e. The lowest BCUT2D eigenvalue weighted by Crippen LogP contribution is -2.48. The Hall–Kier alpha value is -1.69. The first-order valence-corrected chi connectivity index (χ1v) is 6.07. The van der Waals surface area contributed by atoms with Crippen molar-refractivity contribution in [3.63, 3.8) is 0 Å². The Morgan fingerprint density at radius 2 is 2.17 bits per heavy atom. The first-order valence-electron chi connectivity index (χ1n) is 6.07. The standard InChI is InChI=1S/C12H19N5O/c1-9-6-10(13-2)15-11(14-9)7-17-5-4-16(3)12(18)8-17/h6H,4-5,7-8H2,1-3H3,(H,13,14,15). The summed E-state index contributed by atoms with van der Waals surface area (Å²) >= 11 is 0. The Bertz CT molecular complexity index is 448. The molecule has 0 aliphatic carbocycles. The molecule has 98 valence electrons. The van der Waals surface area contributed by atoms with E-state index >= 15 is 0 Å². The molecule has 0 radical (unpaired) electrons. The van der Waals surface area contributed by atoms with Crippen molar-refractivity contribution in [2.75, 3.05) is 39.0 Å². The van der Waals surface area contributed by atoms with Crippen molar-refractivity contribution in [2.45, 2.75) is 13.5 Å². The molecule has 1 aromatic heterocycles. The molecule has 18 heavy (non-hydrogen) atoms. The molecule has 0 unspecified atom stereocenters. The normalized spacial score (nSPS) is 17.1. The molecule has 1 amide bonds. The molecule has 2 rings (SSSR count). The van der Waals surface area contributed by atoms with Crippen LogP contribution in [-0.2, 0) is 11.3 Å². The number of likely N-dealkylation sites (N-methyl/N-ethyl adjacent to an activating group) is 1. The van der Waals surface area contributed by atoms with Crippen LogP contribution in [0, 0.1) is 6.92 Å². The third-order valence-electron chi connectivity index (χ3n) is 3.06. The van der Waals surface area contributed by atoms with E-state index in [9.17, 15) is 4.79 Å². The zero-order chi connectivity index (χ0) is 13.1. The Morgan fingerprint density at radius 1 is 1.39 bits per heavy atom. The summed E-state index contributed by atoms with van der Waals surface area (Å²) in [4.78, 5) is 24.3. The molecule has 1 saturated heterocycles. The number of aromatic nitrogens is 2. The van der Waals surface area contributed by atoms with Crippen LogP contribution in [0.15, 0.2) is 6.07 Å². The Kier molecular flexibility index (Phi) is 3.76. The van der Waals surface area contributed by atoms with Crippen LogP contribution in [0.5, 0.6) is 0 Å². The van der Waals surface area contributed by atoms with Crippen LogP contribution in [0.2, 0.25) is 0 Å². The molecule has 0 spiro atoms. The number of piperazine rings is 1. The summed E-state index contributed by atoms with van der Waals surface area (Å²) < 4.78 is 0. The van der Waals surface area contributed by atoms with Crippen LogP contribution in [0.3, 0.4) is 0 Å². The van der Waals surface area contributed by atoms with E-state index < -0.39 is 0 Å². The minimum atomic E-state index is 0.155. The van der Waals surface area contributed by atoms with Gasteiger partial charge in [0.1, 0.15) is 11.6 Å². The van der Waals surface area contributed by atoms with Crippen LogP contribution in [0.4, 0.5) is 5.82 Å². The van der Waals surface area contributed by atoms with Crippen LogP contribution >= 0.6 is 0 Å². The van der Waals surface area contributed by atoms with Gasteiger partial charge in [-0.1, -0.05) is 0 Å². The number of hydrogen-bond acceptors (Lipinski definition) is 5. The number of rotatable bonds is 3. The maximum atomic E-state index is 11.6. The second kappa shape index (κ2) is 5.30. The van der Waals surface area contributed by atoms with Crippen LogP contribution in [0.1, 0.15) is 11.5 Å². The van der Waals surface area contributed by atoms with E-state index in [-0.39, 0.29) is 5.91 Å². The first kappa shape index (κ1) is 12.8. The SMILES string of the molecule is CNc1cc(C)nc(CN2CCN(C)C(=O)C2)n1. The Labute approximate surface area is 107 Å². The highest BCUT2D eigenvalue weighted by atomic mass is 16.2. The van der Waals surface area contributed by atoms with Crippen molar-refractivity contribution in [2.24, 2.45) is 0 Å². The van der Waals surface area contributed by atoms with Gasteiger partial charge in [0.15, 0.2) is 0 Å². The van der Waals surface area contributed by atoms with Gasteiger partial charge in [0, 0.05) is 38.9 Å². The molecule has 0 saturated carbocycles. The second-order valence-corrected chi connectivity index (χ2v) is 4.59. The second-order valence-electron chi connectivity index (χ2n) is 4.59. The minimum Gasteiger partial charge on any atom is -0.373 e. The topological polar surface area (TPSA) is 61.4 Å². The molecule has 6 heteroatoms. The Balaban J connectivity index is 2.05. The number of aryl methyl sites for hydroxylation is 1. The van der Waals surface area contributed by atoms with Crippen LogP contribution in [0.25, 0.3) is 0 Å². The van der Waals surface area contributed by atoms with E-state index in [0.29, 0.717) is 13.1 Å². The molecule has 0 atom stereocenters. The maximum Gasteiger partial charge on any atom is 0.236 e. The van der Waals surface area contributed by atoms with Gasteiger partial charge in [-0.25, -0.2) is 9.97 Å². The van der Waals surface area contributed by atoms with E-state index in [4.69, 9.17) is 0 Å². The van der Waals surface area contributed by atoms with Gasteiger partial charge in [-0.3, -0.25) is 9.69 Å². The average molecular weight is 249 g/mol. The number of carbonyl (C=O) groups is 1. The average Bonchev–Trinajstić information content (AvgIpc) is 2.33. The molecular formula is C12H19N5O. The van der Waals surface area contributed by atoms with Gasteiger partial charge in [-0.15, -0.1) is 0 Å². The molecule has 6 nitrogen and oxygen atoms in total. The first-order chi connectivity index (χ1) is 8.58. The number of nitrogens with one attached hydrogen (secondary N) is 1. The third-order valence-corrected chi connectivity index (χ3v) is 3.06. The molecule has 1 aliphatic rings. The fraction of sp³-hybridized carbons (Fsp3) is 0.583. The summed E-state index contributed by atoms with van der Waals surface area (Å²) in [6.45, 7) is 4.65. The zero-order valence-corrected chi connectivity index (χ0v) is 11.1. The number of anilines is 1. The highest BCUT2D eigenvalue weighted by Crippen LogP contribution is 2.09. The fourth-order valence-corrected chi connectivity index (χ4v) is 1.97. The monoisotopic (exact) mass is 249 g/mol. The lowest BCUT2D eigenvalue weighted by atomic mass is 10.3. The number of nitrogens with zero attached hydrogens (tertiary/aromatic N) is 4.